The van der Waals surface area contributed by atoms with Gasteiger partial charge in [0, 0.05) is 32.1 Å². The highest BCUT2D eigenvalue weighted by molar-refractivity contribution is 7.12. The molecule has 1 aromatic carbocycles. The van der Waals surface area contributed by atoms with Crippen molar-refractivity contribution >= 4 is 23.2 Å². The summed E-state index contributed by atoms with van der Waals surface area (Å²) >= 11 is 1.48. The number of nitrogens with zero attached hydrogens (tertiary/aromatic N) is 2. The molecule has 0 bridgehead atoms. The van der Waals surface area contributed by atoms with Gasteiger partial charge >= 0.3 is 0 Å². The van der Waals surface area contributed by atoms with Crippen LogP contribution in [0.3, 0.4) is 0 Å². The number of hydrogen-bond donors (Lipinski definition) is 0. The minimum Gasteiger partial charge on any atom is -0.338 e. The zero-order valence-corrected chi connectivity index (χ0v) is 16.3. The number of likely N-dealkylation sites (tertiary alicyclic amines) is 1. The van der Waals surface area contributed by atoms with Gasteiger partial charge in [0.1, 0.15) is 0 Å². The highest BCUT2D eigenvalue weighted by Gasteiger charge is 2.30. The molecule has 2 aromatic rings. The Morgan fingerprint density at radius 1 is 1.15 bits per heavy atom. The Balaban J connectivity index is 1.58. The summed E-state index contributed by atoms with van der Waals surface area (Å²) in [5, 5.41) is 1.92. The SMILES string of the molecule is CCN(Cc1ccccc1C)C(=O)C1CCN(C(=O)c2cccs2)CC1. The van der Waals surface area contributed by atoms with Crippen LogP contribution in [0.1, 0.15) is 40.6 Å². The average molecular weight is 371 g/mol. The third-order valence-electron chi connectivity index (χ3n) is 5.18. The lowest BCUT2D eigenvalue weighted by molar-refractivity contribution is -0.137. The van der Waals surface area contributed by atoms with Gasteiger partial charge in [0.2, 0.25) is 5.91 Å². The molecule has 1 aliphatic heterocycles. The van der Waals surface area contributed by atoms with E-state index in [1.165, 1.54) is 22.5 Å². The fraction of sp³-hybridized carbons (Fsp3) is 0.429. The number of carbonyl (C=O) groups excluding carboxylic acids is 2. The summed E-state index contributed by atoms with van der Waals surface area (Å²) in [6.45, 7) is 6.82. The van der Waals surface area contributed by atoms with Crippen molar-refractivity contribution in [3.63, 3.8) is 0 Å². The molecule has 0 unspecified atom stereocenters. The number of carbonyl (C=O) groups is 2. The first-order valence-corrected chi connectivity index (χ1v) is 10.1. The second kappa shape index (κ2) is 8.49. The lowest BCUT2D eigenvalue weighted by Gasteiger charge is -2.34. The van der Waals surface area contributed by atoms with E-state index in [0.717, 1.165) is 17.7 Å². The van der Waals surface area contributed by atoms with E-state index in [0.29, 0.717) is 26.2 Å². The predicted octanol–water partition coefficient (Wildman–Crippen LogP) is 3.96. The van der Waals surface area contributed by atoms with E-state index in [4.69, 9.17) is 0 Å². The topological polar surface area (TPSA) is 40.6 Å². The molecule has 0 radical (unpaired) electrons. The number of thiophene rings is 1. The Labute approximate surface area is 159 Å². The summed E-state index contributed by atoms with van der Waals surface area (Å²) in [4.78, 5) is 30.0. The fourth-order valence-corrected chi connectivity index (χ4v) is 4.17. The van der Waals surface area contributed by atoms with Crippen LogP contribution in [-0.2, 0) is 11.3 Å². The fourth-order valence-electron chi connectivity index (χ4n) is 3.48. The molecule has 1 saturated heterocycles. The van der Waals surface area contributed by atoms with Crippen molar-refractivity contribution < 1.29 is 9.59 Å². The summed E-state index contributed by atoms with van der Waals surface area (Å²) in [5.41, 5.74) is 2.42. The van der Waals surface area contributed by atoms with E-state index < -0.39 is 0 Å². The van der Waals surface area contributed by atoms with E-state index in [1.54, 1.807) is 0 Å². The maximum atomic E-state index is 13.0. The van der Waals surface area contributed by atoms with Crippen LogP contribution in [-0.4, -0.2) is 41.2 Å². The minimum atomic E-state index is 0.0198. The molecule has 138 valence electrons. The Kier molecular flexibility index (Phi) is 6.09. The first-order valence-electron chi connectivity index (χ1n) is 9.26. The Morgan fingerprint density at radius 2 is 1.88 bits per heavy atom. The summed E-state index contributed by atoms with van der Waals surface area (Å²) < 4.78 is 0. The lowest BCUT2D eigenvalue weighted by Crippen LogP contribution is -2.44. The molecule has 1 fully saturated rings. The number of hydrogen-bond acceptors (Lipinski definition) is 3. The zero-order valence-electron chi connectivity index (χ0n) is 15.5. The van der Waals surface area contributed by atoms with Gasteiger partial charge in [-0.25, -0.2) is 0 Å². The number of piperidine rings is 1. The van der Waals surface area contributed by atoms with Crippen molar-refractivity contribution in [1.82, 2.24) is 9.80 Å². The molecule has 2 amide bonds. The number of amides is 2. The van der Waals surface area contributed by atoms with Gasteiger partial charge in [-0.15, -0.1) is 11.3 Å². The number of rotatable bonds is 5. The van der Waals surface area contributed by atoms with E-state index in [-0.39, 0.29) is 17.7 Å². The second-order valence-corrected chi connectivity index (χ2v) is 7.77. The lowest BCUT2D eigenvalue weighted by atomic mass is 9.94. The molecule has 0 N–H and O–H groups in total. The smallest absolute Gasteiger partial charge is 0.263 e. The second-order valence-electron chi connectivity index (χ2n) is 6.82. The third-order valence-corrected chi connectivity index (χ3v) is 6.04. The molecule has 1 aromatic heterocycles. The van der Waals surface area contributed by atoms with Crippen LogP contribution in [0.25, 0.3) is 0 Å². The van der Waals surface area contributed by atoms with Crippen LogP contribution >= 0.6 is 11.3 Å². The molecule has 4 nitrogen and oxygen atoms in total. The van der Waals surface area contributed by atoms with Crippen LogP contribution in [0, 0.1) is 12.8 Å². The van der Waals surface area contributed by atoms with Crippen LogP contribution in [0.2, 0.25) is 0 Å². The maximum absolute atomic E-state index is 13.0. The molecule has 3 rings (SSSR count). The molecular weight excluding hydrogens is 344 g/mol. The maximum Gasteiger partial charge on any atom is 0.263 e. The summed E-state index contributed by atoms with van der Waals surface area (Å²) in [6, 6.07) is 12.0. The van der Waals surface area contributed by atoms with Gasteiger partial charge in [-0.2, -0.15) is 0 Å². The molecule has 1 aliphatic rings. The average Bonchev–Trinajstić information content (AvgIpc) is 3.21. The molecule has 5 heteroatoms. The molecule has 2 heterocycles. The van der Waals surface area contributed by atoms with Crippen molar-refractivity contribution in [3.05, 3.63) is 57.8 Å². The normalized spacial score (nSPS) is 15.1. The highest BCUT2D eigenvalue weighted by atomic mass is 32.1. The summed E-state index contributed by atoms with van der Waals surface area (Å²) in [6.07, 6.45) is 1.50. The van der Waals surface area contributed by atoms with Crippen LogP contribution in [0.4, 0.5) is 0 Å². The van der Waals surface area contributed by atoms with Crippen LogP contribution in [0.15, 0.2) is 41.8 Å². The van der Waals surface area contributed by atoms with Gasteiger partial charge in [-0.1, -0.05) is 30.3 Å². The summed E-state index contributed by atoms with van der Waals surface area (Å²) in [5.74, 6) is 0.337. The number of aryl methyl sites for hydroxylation is 1. The van der Waals surface area contributed by atoms with E-state index >= 15 is 0 Å². The van der Waals surface area contributed by atoms with Gasteiger partial charge in [0.25, 0.3) is 5.91 Å². The van der Waals surface area contributed by atoms with Crippen LogP contribution < -0.4 is 0 Å². The standard InChI is InChI=1S/C21H26N2O2S/c1-3-22(15-18-8-5-4-7-16(18)2)20(24)17-10-12-23(13-11-17)21(25)19-9-6-14-26-19/h4-9,14,17H,3,10-13,15H2,1-2H3. The number of benzene rings is 1. The molecule has 0 atom stereocenters. The van der Waals surface area contributed by atoms with Gasteiger partial charge in [0.05, 0.1) is 4.88 Å². The Morgan fingerprint density at radius 3 is 2.50 bits per heavy atom. The van der Waals surface area contributed by atoms with E-state index in [9.17, 15) is 9.59 Å². The van der Waals surface area contributed by atoms with Crippen LogP contribution in [0.5, 0.6) is 0 Å². The van der Waals surface area contributed by atoms with Crippen molar-refractivity contribution in [2.45, 2.75) is 33.2 Å². The van der Waals surface area contributed by atoms with Gasteiger partial charge in [0.15, 0.2) is 0 Å². The summed E-state index contributed by atoms with van der Waals surface area (Å²) in [7, 11) is 0. The zero-order chi connectivity index (χ0) is 18.5. The predicted molar refractivity (Wildman–Crippen MR) is 105 cm³/mol. The molecule has 0 aliphatic carbocycles. The molecule has 26 heavy (non-hydrogen) atoms. The van der Waals surface area contributed by atoms with Crippen molar-refractivity contribution in [2.75, 3.05) is 19.6 Å². The van der Waals surface area contributed by atoms with Crippen molar-refractivity contribution in [2.24, 2.45) is 5.92 Å². The van der Waals surface area contributed by atoms with E-state index in [2.05, 4.69) is 19.1 Å². The third kappa shape index (κ3) is 4.15. The quantitative estimate of drug-likeness (QED) is 0.799. The monoisotopic (exact) mass is 370 g/mol. The molecular formula is C21H26N2O2S. The Hall–Kier alpha value is -2.14. The highest BCUT2D eigenvalue weighted by Crippen LogP contribution is 2.23. The Bertz CT molecular complexity index is 749. The molecule has 0 saturated carbocycles. The van der Waals surface area contributed by atoms with Gasteiger partial charge in [-0.3, -0.25) is 9.59 Å². The first-order chi connectivity index (χ1) is 12.6. The van der Waals surface area contributed by atoms with Crippen molar-refractivity contribution in [3.8, 4) is 0 Å². The van der Waals surface area contributed by atoms with E-state index in [1.807, 2.05) is 46.4 Å². The van der Waals surface area contributed by atoms with Crippen molar-refractivity contribution in [1.29, 1.82) is 0 Å². The molecule has 0 spiro atoms. The first kappa shape index (κ1) is 18.6. The van der Waals surface area contributed by atoms with Gasteiger partial charge in [-0.05, 0) is 49.3 Å². The minimum absolute atomic E-state index is 0.0198. The van der Waals surface area contributed by atoms with Gasteiger partial charge < -0.3 is 9.80 Å². The largest absolute Gasteiger partial charge is 0.338 e.